The first kappa shape index (κ1) is 8.50. The van der Waals surface area contributed by atoms with Gasteiger partial charge in [0.25, 0.3) is 0 Å². The zero-order valence-corrected chi connectivity index (χ0v) is 6.10. The van der Waals surface area contributed by atoms with Crippen LogP contribution in [0.2, 0.25) is 0 Å². The predicted molar refractivity (Wildman–Crippen MR) is 39.1 cm³/mol. The monoisotopic (exact) mass is 147 g/mol. The topological polar surface area (TPSA) is 32.6 Å². The van der Waals surface area contributed by atoms with Crippen LogP contribution in [0.3, 0.4) is 0 Å². The van der Waals surface area contributed by atoms with Gasteiger partial charge in [-0.2, -0.15) is 0 Å². The summed E-state index contributed by atoms with van der Waals surface area (Å²) in [5.41, 5.74) is 2.19. The number of hydrogen-bond donors (Lipinski definition) is 1. The molecule has 0 saturated carbocycles. The lowest BCUT2D eigenvalue weighted by molar-refractivity contribution is 0.317. The van der Waals surface area contributed by atoms with Crippen molar-refractivity contribution in [1.82, 2.24) is 0 Å². The van der Waals surface area contributed by atoms with Gasteiger partial charge in [0, 0.05) is 5.54 Å². The summed E-state index contributed by atoms with van der Waals surface area (Å²) in [7, 11) is 0. The fraction of sp³-hybridized carbons (Fsp3) is 0.500. The fourth-order valence-electron chi connectivity index (χ4n) is 0.405. The highest BCUT2D eigenvalue weighted by Gasteiger charge is 1.86. The molecule has 0 bridgehead atoms. The van der Waals surface area contributed by atoms with E-state index in [2.05, 4.69) is 5.16 Å². The molecule has 0 rings (SSSR count). The van der Waals surface area contributed by atoms with Crippen molar-refractivity contribution in [3.8, 4) is 0 Å². The number of oxime groups is 1. The second kappa shape index (κ2) is 5.63. The molecule has 0 aliphatic heterocycles. The zero-order chi connectivity index (χ0) is 7.11. The number of allylic oxidation sites excluding steroid dienone is 1. The third kappa shape index (κ3) is 5.37. The first-order valence-corrected chi connectivity index (χ1v) is 3.17. The molecule has 0 heterocycles. The smallest absolute Gasteiger partial charge is 0.0543 e. The molecular formula is C6H10ClNO. The van der Waals surface area contributed by atoms with Gasteiger partial charge in [0.2, 0.25) is 0 Å². The fourth-order valence-corrected chi connectivity index (χ4v) is 0.531. The molecule has 9 heavy (non-hydrogen) atoms. The summed E-state index contributed by atoms with van der Waals surface area (Å²) < 4.78 is 0. The molecule has 0 radical (unpaired) electrons. The second-order valence-corrected chi connectivity index (χ2v) is 1.99. The molecule has 0 atom stereocenters. The van der Waals surface area contributed by atoms with E-state index in [-0.39, 0.29) is 0 Å². The molecule has 0 unspecified atom stereocenters. The van der Waals surface area contributed by atoms with Crippen LogP contribution in [0.5, 0.6) is 0 Å². The Kier molecular flexibility index (Phi) is 5.32. The van der Waals surface area contributed by atoms with Gasteiger partial charge in [0.15, 0.2) is 0 Å². The van der Waals surface area contributed by atoms with Crippen LogP contribution < -0.4 is 0 Å². The maximum Gasteiger partial charge on any atom is 0.0543 e. The van der Waals surface area contributed by atoms with Crippen molar-refractivity contribution >= 4 is 17.3 Å². The summed E-state index contributed by atoms with van der Waals surface area (Å²) in [6.07, 6.45) is 3.41. The largest absolute Gasteiger partial charge is 0.411 e. The normalized spacial score (nSPS) is 12.9. The lowest BCUT2D eigenvalue weighted by Crippen LogP contribution is -1.88. The van der Waals surface area contributed by atoms with Crippen LogP contribution in [-0.2, 0) is 0 Å². The molecule has 0 aliphatic rings. The first-order valence-electron chi connectivity index (χ1n) is 2.74. The minimum absolute atomic E-state index is 0.727. The van der Waals surface area contributed by atoms with Crippen molar-refractivity contribution in [1.29, 1.82) is 0 Å². The summed E-state index contributed by atoms with van der Waals surface area (Å²) in [5.74, 6) is 0. The van der Waals surface area contributed by atoms with Crippen LogP contribution in [0.1, 0.15) is 19.8 Å². The van der Waals surface area contributed by atoms with Crippen molar-refractivity contribution in [2.75, 3.05) is 0 Å². The van der Waals surface area contributed by atoms with Gasteiger partial charge >= 0.3 is 0 Å². The van der Waals surface area contributed by atoms with Gasteiger partial charge in [-0.1, -0.05) is 22.8 Å². The maximum atomic E-state index is 8.16. The van der Waals surface area contributed by atoms with Gasteiger partial charge in [0.05, 0.1) is 5.71 Å². The Labute approximate surface area is 59.8 Å². The summed E-state index contributed by atoms with van der Waals surface area (Å²) in [5, 5.41) is 11.2. The summed E-state index contributed by atoms with van der Waals surface area (Å²) in [4.78, 5) is 0. The SMILES string of the molecule is C/C(CC/C=C/Cl)=N/O. The molecule has 2 nitrogen and oxygen atoms in total. The molecule has 0 fully saturated rings. The van der Waals surface area contributed by atoms with E-state index < -0.39 is 0 Å². The van der Waals surface area contributed by atoms with Crippen molar-refractivity contribution in [2.45, 2.75) is 19.8 Å². The third-order valence-electron chi connectivity index (χ3n) is 0.933. The standard InChI is InChI=1S/C6H10ClNO/c1-6(8-9)4-2-3-5-7/h3,5,9H,2,4H2,1H3/b5-3+,8-6-. The average molecular weight is 148 g/mol. The number of halogens is 1. The molecule has 52 valence electrons. The predicted octanol–water partition coefficient (Wildman–Crippen LogP) is 2.37. The van der Waals surface area contributed by atoms with Crippen LogP contribution in [0, 0.1) is 0 Å². The Morgan fingerprint density at radius 1 is 1.78 bits per heavy atom. The highest BCUT2D eigenvalue weighted by molar-refractivity contribution is 6.25. The Morgan fingerprint density at radius 3 is 2.89 bits per heavy atom. The molecule has 0 aliphatic carbocycles. The Bertz CT molecular complexity index is 120. The van der Waals surface area contributed by atoms with E-state index in [4.69, 9.17) is 16.8 Å². The van der Waals surface area contributed by atoms with Crippen LogP contribution in [-0.4, -0.2) is 10.9 Å². The lowest BCUT2D eigenvalue weighted by Gasteiger charge is -1.89. The van der Waals surface area contributed by atoms with E-state index >= 15 is 0 Å². The minimum Gasteiger partial charge on any atom is -0.411 e. The quantitative estimate of drug-likeness (QED) is 0.371. The van der Waals surface area contributed by atoms with Gasteiger partial charge in [-0.3, -0.25) is 0 Å². The summed E-state index contributed by atoms with van der Waals surface area (Å²) in [6, 6.07) is 0. The van der Waals surface area contributed by atoms with E-state index in [1.54, 1.807) is 6.92 Å². The minimum atomic E-state index is 0.727. The van der Waals surface area contributed by atoms with Crippen molar-refractivity contribution in [2.24, 2.45) is 5.16 Å². The molecular weight excluding hydrogens is 138 g/mol. The molecule has 0 amide bonds. The molecule has 0 spiro atoms. The highest BCUT2D eigenvalue weighted by atomic mass is 35.5. The second-order valence-electron chi connectivity index (χ2n) is 1.74. The van der Waals surface area contributed by atoms with E-state index in [9.17, 15) is 0 Å². The molecule has 1 N–H and O–H groups in total. The van der Waals surface area contributed by atoms with E-state index in [1.165, 1.54) is 5.54 Å². The molecule has 0 aromatic rings. The van der Waals surface area contributed by atoms with Gasteiger partial charge in [0.1, 0.15) is 0 Å². The molecule has 0 saturated heterocycles. The van der Waals surface area contributed by atoms with E-state index in [1.807, 2.05) is 6.08 Å². The molecule has 3 heteroatoms. The van der Waals surface area contributed by atoms with Crippen molar-refractivity contribution < 1.29 is 5.21 Å². The zero-order valence-electron chi connectivity index (χ0n) is 5.34. The highest BCUT2D eigenvalue weighted by Crippen LogP contribution is 1.94. The number of nitrogens with zero attached hydrogens (tertiary/aromatic N) is 1. The third-order valence-corrected chi connectivity index (χ3v) is 1.11. The van der Waals surface area contributed by atoms with Gasteiger partial charge in [-0.05, 0) is 19.8 Å². The molecule has 0 aromatic heterocycles. The Morgan fingerprint density at radius 2 is 2.44 bits per heavy atom. The van der Waals surface area contributed by atoms with Gasteiger partial charge < -0.3 is 5.21 Å². The average Bonchev–Trinajstić information content (AvgIpc) is 1.89. The van der Waals surface area contributed by atoms with Crippen LogP contribution in [0.15, 0.2) is 16.8 Å². The lowest BCUT2D eigenvalue weighted by atomic mass is 10.2. The Balaban J connectivity index is 3.28. The molecule has 0 aromatic carbocycles. The number of hydrogen-bond acceptors (Lipinski definition) is 2. The first-order chi connectivity index (χ1) is 4.31. The number of rotatable bonds is 3. The Hall–Kier alpha value is -0.500. The summed E-state index contributed by atoms with van der Waals surface area (Å²) in [6.45, 7) is 1.77. The van der Waals surface area contributed by atoms with Gasteiger partial charge in [-0.15, -0.1) is 0 Å². The van der Waals surface area contributed by atoms with Crippen LogP contribution in [0.4, 0.5) is 0 Å². The van der Waals surface area contributed by atoms with Crippen LogP contribution in [0.25, 0.3) is 0 Å². The summed E-state index contributed by atoms with van der Waals surface area (Å²) >= 11 is 5.25. The maximum absolute atomic E-state index is 8.16. The van der Waals surface area contributed by atoms with Crippen LogP contribution >= 0.6 is 11.6 Å². The van der Waals surface area contributed by atoms with Gasteiger partial charge in [-0.25, -0.2) is 0 Å². The van der Waals surface area contributed by atoms with E-state index in [0.29, 0.717) is 0 Å². The van der Waals surface area contributed by atoms with E-state index in [0.717, 1.165) is 18.6 Å². The van der Waals surface area contributed by atoms with Crippen molar-refractivity contribution in [3.63, 3.8) is 0 Å². The van der Waals surface area contributed by atoms with Crippen molar-refractivity contribution in [3.05, 3.63) is 11.6 Å².